The Morgan fingerprint density at radius 3 is 3.00 bits per heavy atom. The second-order valence-corrected chi connectivity index (χ2v) is 6.20. The number of nitrogens with one attached hydrogen (secondary N) is 2. The third kappa shape index (κ3) is 3.26. The van der Waals surface area contributed by atoms with E-state index in [0.29, 0.717) is 11.3 Å². The van der Waals surface area contributed by atoms with E-state index in [2.05, 4.69) is 15.7 Å². The molecule has 0 radical (unpaired) electrons. The van der Waals surface area contributed by atoms with Gasteiger partial charge >= 0.3 is 0 Å². The lowest BCUT2D eigenvalue weighted by Gasteiger charge is -2.30. The van der Waals surface area contributed by atoms with Crippen LogP contribution in [0, 0.1) is 12.7 Å². The summed E-state index contributed by atoms with van der Waals surface area (Å²) in [4.78, 5) is 12.4. The highest BCUT2D eigenvalue weighted by Gasteiger charge is 2.25. The number of hydrogen-bond acceptors (Lipinski definition) is 4. The van der Waals surface area contributed by atoms with Gasteiger partial charge in [0.25, 0.3) is 5.91 Å². The number of piperidine rings is 1. The molecular formula is C17H21FN4O2. The summed E-state index contributed by atoms with van der Waals surface area (Å²) in [5, 5.41) is 20.5. The predicted octanol–water partition coefficient (Wildman–Crippen LogP) is 1.90. The average Bonchev–Trinajstić information content (AvgIpc) is 2.91. The first-order valence-corrected chi connectivity index (χ1v) is 8.05. The van der Waals surface area contributed by atoms with E-state index in [9.17, 15) is 14.3 Å². The topological polar surface area (TPSA) is 79.2 Å². The summed E-state index contributed by atoms with van der Waals surface area (Å²) >= 11 is 0. The van der Waals surface area contributed by atoms with Crippen molar-refractivity contribution in [2.75, 3.05) is 6.54 Å². The quantitative estimate of drug-likeness (QED) is 0.802. The summed E-state index contributed by atoms with van der Waals surface area (Å²) < 4.78 is 14.6. The average molecular weight is 332 g/mol. The number of benzene rings is 1. The number of amides is 1. The van der Waals surface area contributed by atoms with E-state index < -0.39 is 5.91 Å². The van der Waals surface area contributed by atoms with Crippen molar-refractivity contribution in [1.29, 1.82) is 0 Å². The van der Waals surface area contributed by atoms with Crippen LogP contribution in [-0.2, 0) is 0 Å². The highest BCUT2D eigenvalue weighted by Crippen LogP contribution is 2.21. The monoisotopic (exact) mass is 332 g/mol. The fraction of sp³-hybridized carbons (Fsp3) is 0.412. The van der Waals surface area contributed by atoms with Gasteiger partial charge in [0.1, 0.15) is 5.82 Å². The minimum absolute atomic E-state index is 0.00311. The van der Waals surface area contributed by atoms with Crippen LogP contribution in [0.3, 0.4) is 0 Å². The van der Waals surface area contributed by atoms with E-state index in [4.69, 9.17) is 0 Å². The number of hydrogen-bond donors (Lipinski definition) is 3. The molecule has 3 rings (SSSR count). The van der Waals surface area contributed by atoms with Crippen molar-refractivity contribution in [2.24, 2.45) is 0 Å². The van der Waals surface area contributed by atoms with Gasteiger partial charge in [-0.05, 0) is 57.0 Å². The second kappa shape index (κ2) is 6.60. The predicted molar refractivity (Wildman–Crippen MR) is 87.9 cm³/mol. The van der Waals surface area contributed by atoms with Crippen molar-refractivity contribution in [3.63, 3.8) is 0 Å². The second-order valence-electron chi connectivity index (χ2n) is 6.20. The SMILES string of the molecule is Cc1cc(F)ccc1-n1cc(O)c(C(=O)NC2CCCNC2C)n1. The Balaban J connectivity index is 1.82. The molecule has 1 aliphatic rings. The van der Waals surface area contributed by atoms with Crippen molar-refractivity contribution in [3.05, 3.63) is 41.5 Å². The van der Waals surface area contributed by atoms with Crippen LogP contribution in [0.2, 0.25) is 0 Å². The fourth-order valence-corrected chi connectivity index (χ4v) is 3.00. The normalized spacial score (nSPS) is 20.8. The smallest absolute Gasteiger partial charge is 0.275 e. The first kappa shape index (κ1) is 16.4. The molecule has 2 atom stereocenters. The minimum atomic E-state index is -0.411. The molecule has 2 aromatic rings. The van der Waals surface area contributed by atoms with Gasteiger partial charge < -0.3 is 15.7 Å². The van der Waals surface area contributed by atoms with Crippen LogP contribution in [0.4, 0.5) is 4.39 Å². The van der Waals surface area contributed by atoms with Crippen molar-refractivity contribution >= 4 is 5.91 Å². The van der Waals surface area contributed by atoms with Crippen molar-refractivity contribution in [1.82, 2.24) is 20.4 Å². The van der Waals surface area contributed by atoms with Gasteiger partial charge in [0, 0.05) is 12.1 Å². The third-order valence-corrected chi connectivity index (χ3v) is 4.39. The molecule has 128 valence electrons. The minimum Gasteiger partial charge on any atom is -0.504 e. The highest BCUT2D eigenvalue weighted by atomic mass is 19.1. The Hall–Kier alpha value is -2.41. The van der Waals surface area contributed by atoms with Crippen LogP contribution in [0.15, 0.2) is 24.4 Å². The van der Waals surface area contributed by atoms with Crippen LogP contribution in [0.5, 0.6) is 5.75 Å². The molecule has 0 saturated carbocycles. The lowest BCUT2D eigenvalue weighted by atomic mass is 10.00. The summed E-state index contributed by atoms with van der Waals surface area (Å²) in [6.45, 7) is 4.70. The number of aromatic hydroxyl groups is 1. The molecule has 1 aliphatic heterocycles. The van der Waals surface area contributed by atoms with Gasteiger partial charge in [-0.15, -0.1) is 0 Å². The summed E-state index contributed by atoms with van der Waals surface area (Å²) in [6.07, 6.45) is 3.24. The van der Waals surface area contributed by atoms with E-state index in [1.165, 1.54) is 23.0 Å². The van der Waals surface area contributed by atoms with Crippen LogP contribution >= 0.6 is 0 Å². The maximum absolute atomic E-state index is 13.2. The summed E-state index contributed by atoms with van der Waals surface area (Å²) in [6, 6.07) is 4.43. The van der Waals surface area contributed by atoms with E-state index in [1.54, 1.807) is 13.0 Å². The zero-order chi connectivity index (χ0) is 17.3. The van der Waals surface area contributed by atoms with Crippen LogP contribution in [0.25, 0.3) is 5.69 Å². The Labute approximate surface area is 139 Å². The Morgan fingerprint density at radius 2 is 2.29 bits per heavy atom. The van der Waals surface area contributed by atoms with E-state index in [1.807, 2.05) is 6.92 Å². The first-order valence-electron chi connectivity index (χ1n) is 8.05. The number of carbonyl (C=O) groups is 1. The third-order valence-electron chi connectivity index (χ3n) is 4.39. The lowest BCUT2D eigenvalue weighted by Crippen LogP contribution is -2.52. The van der Waals surface area contributed by atoms with Gasteiger partial charge in [-0.25, -0.2) is 9.07 Å². The molecule has 3 N–H and O–H groups in total. The molecule has 1 saturated heterocycles. The number of halogens is 1. The summed E-state index contributed by atoms with van der Waals surface area (Å²) in [7, 11) is 0. The molecule has 6 nitrogen and oxygen atoms in total. The number of carbonyl (C=O) groups excluding carboxylic acids is 1. The van der Waals surface area contributed by atoms with Gasteiger partial charge in [0.05, 0.1) is 11.9 Å². The molecule has 1 aromatic heterocycles. The molecule has 2 heterocycles. The molecule has 2 unspecified atom stereocenters. The molecule has 24 heavy (non-hydrogen) atoms. The van der Waals surface area contributed by atoms with Gasteiger partial charge in [0.15, 0.2) is 11.4 Å². The van der Waals surface area contributed by atoms with Crippen LogP contribution < -0.4 is 10.6 Å². The zero-order valence-electron chi connectivity index (χ0n) is 13.7. The van der Waals surface area contributed by atoms with Crippen LogP contribution in [-0.4, -0.2) is 39.4 Å². The highest BCUT2D eigenvalue weighted by molar-refractivity contribution is 5.95. The van der Waals surface area contributed by atoms with Gasteiger partial charge in [-0.2, -0.15) is 5.10 Å². The maximum atomic E-state index is 13.2. The first-order chi connectivity index (χ1) is 11.5. The van der Waals surface area contributed by atoms with Gasteiger partial charge in [-0.1, -0.05) is 0 Å². The molecule has 1 amide bonds. The number of nitrogens with zero attached hydrogens (tertiary/aromatic N) is 2. The summed E-state index contributed by atoms with van der Waals surface area (Å²) in [5.41, 5.74) is 1.24. The van der Waals surface area contributed by atoms with Crippen LogP contribution in [0.1, 0.15) is 35.8 Å². The van der Waals surface area contributed by atoms with Crippen molar-refractivity contribution in [2.45, 2.75) is 38.8 Å². The molecule has 7 heteroatoms. The molecular weight excluding hydrogens is 311 g/mol. The van der Waals surface area contributed by atoms with E-state index >= 15 is 0 Å². The van der Waals surface area contributed by atoms with Crippen molar-refractivity contribution in [3.8, 4) is 11.4 Å². The number of aromatic nitrogens is 2. The van der Waals surface area contributed by atoms with Crippen molar-refractivity contribution < 1.29 is 14.3 Å². The fourth-order valence-electron chi connectivity index (χ4n) is 3.00. The molecule has 1 fully saturated rings. The number of rotatable bonds is 3. The Kier molecular flexibility index (Phi) is 4.53. The lowest BCUT2D eigenvalue weighted by molar-refractivity contribution is 0.0911. The standard InChI is InChI=1S/C17H21FN4O2/c1-10-8-12(18)5-6-14(10)22-9-15(23)16(21-22)17(24)20-13-4-3-7-19-11(13)2/h5-6,8-9,11,13,19,23H,3-4,7H2,1-2H3,(H,20,24). The Morgan fingerprint density at radius 1 is 1.50 bits per heavy atom. The Bertz CT molecular complexity index is 759. The van der Waals surface area contributed by atoms with E-state index in [0.717, 1.165) is 19.4 Å². The van der Waals surface area contributed by atoms with Gasteiger partial charge in [-0.3, -0.25) is 4.79 Å². The van der Waals surface area contributed by atoms with E-state index in [-0.39, 0.29) is 29.3 Å². The number of aryl methyl sites for hydroxylation is 1. The molecule has 0 spiro atoms. The summed E-state index contributed by atoms with van der Waals surface area (Å²) in [5.74, 6) is -0.955. The maximum Gasteiger partial charge on any atom is 0.275 e. The zero-order valence-corrected chi connectivity index (χ0v) is 13.7. The largest absolute Gasteiger partial charge is 0.504 e. The molecule has 0 bridgehead atoms. The molecule has 0 aliphatic carbocycles. The molecule has 1 aromatic carbocycles. The van der Waals surface area contributed by atoms with Gasteiger partial charge in [0.2, 0.25) is 0 Å².